The first-order chi connectivity index (χ1) is 22.1. The lowest BCUT2D eigenvalue weighted by atomic mass is 10.0. The molecule has 11 nitrogen and oxygen atoms in total. The summed E-state index contributed by atoms with van der Waals surface area (Å²) in [6.45, 7) is -0.373. The van der Waals surface area contributed by atoms with Crippen molar-refractivity contribution in [3.8, 4) is 34.1 Å². The van der Waals surface area contributed by atoms with Crippen molar-refractivity contribution in [1.29, 1.82) is 0 Å². The van der Waals surface area contributed by atoms with Crippen LogP contribution in [0, 0.1) is 11.6 Å². The van der Waals surface area contributed by atoms with Crippen molar-refractivity contribution in [3.05, 3.63) is 95.3 Å². The van der Waals surface area contributed by atoms with E-state index in [1.54, 1.807) is 48.5 Å². The predicted octanol–water partition coefficient (Wildman–Crippen LogP) is 6.80. The van der Waals surface area contributed by atoms with Crippen LogP contribution in [0.5, 0.6) is 23.0 Å². The van der Waals surface area contributed by atoms with E-state index in [0.29, 0.717) is 44.2 Å². The molecule has 4 aromatic carbocycles. The number of nitrogens with one attached hydrogen (secondary N) is 1. The molecule has 6 aromatic rings. The number of methoxy groups -OCH3 is 2. The summed E-state index contributed by atoms with van der Waals surface area (Å²) in [6.07, 6.45) is 1.14. The maximum Gasteiger partial charge on any atom is 0.272 e. The highest BCUT2D eigenvalue weighted by Crippen LogP contribution is 2.39. The van der Waals surface area contributed by atoms with E-state index in [0.717, 1.165) is 34.3 Å². The molecule has 0 unspecified atom stereocenters. The van der Waals surface area contributed by atoms with E-state index in [1.807, 2.05) is 0 Å². The van der Waals surface area contributed by atoms with E-state index < -0.39 is 26.6 Å². The number of ether oxygens (including phenoxy) is 3. The monoisotopic (exact) mass is 684 g/mol. The van der Waals surface area contributed by atoms with Crippen molar-refractivity contribution in [1.82, 2.24) is 19.3 Å². The molecular formula is C30H23ClF2N6O5S2. The molecule has 236 valence electrons. The van der Waals surface area contributed by atoms with Crippen LogP contribution in [0.1, 0.15) is 5.56 Å². The number of H-pyrrole nitrogens is 1. The second-order valence-corrected chi connectivity index (χ2v) is 12.7. The zero-order valence-electron chi connectivity index (χ0n) is 24.0. The van der Waals surface area contributed by atoms with Crippen LogP contribution in [0.2, 0.25) is 5.02 Å². The molecule has 0 aliphatic carbocycles. The Labute approximate surface area is 270 Å². The van der Waals surface area contributed by atoms with Gasteiger partial charge in [-0.1, -0.05) is 17.7 Å². The van der Waals surface area contributed by atoms with E-state index in [-0.39, 0.29) is 29.1 Å². The second kappa shape index (κ2) is 12.4. The molecule has 0 aliphatic heterocycles. The molecule has 16 heteroatoms. The van der Waals surface area contributed by atoms with Crippen molar-refractivity contribution in [2.75, 3.05) is 24.3 Å². The minimum absolute atomic E-state index is 0.113. The van der Waals surface area contributed by atoms with Crippen LogP contribution < -0.4 is 24.2 Å². The highest BCUT2D eigenvalue weighted by molar-refractivity contribution is 7.93. The normalized spacial score (nSPS) is 11.5. The summed E-state index contributed by atoms with van der Waals surface area (Å²) >= 11 is 7.00. The van der Waals surface area contributed by atoms with Gasteiger partial charge < -0.3 is 24.9 Å². The Hall–Kier alpha value is -4.99. The minimum Gasteiger partial charge on any atom is -0.497 e. The van der Waals surface area contributed by atoms with Gasteiger partial charge in [0.25, 0.3) is 10.0 Å². The molecule has 0 fully saturated rings. The molecule has 3 N–H and O–H groups in total. The lowest BCUT2D eigenvalue weighted by Crippen LogP contribution is -2.32. The molecule has 0 saturated carbocycles. The number of imidazole rings is 1. The topological polar surface area (TPSA) is 146 Å². The number of hydrogen-bond donors (Lipinski definition) is 2. The third kappa shape index (κ3) is 5.99. The quantitative estimate of drug-likeness (QED) is 0.159. The van der Waals surface area contributed by atoms with Gasteiger partial charge in [0, 0.05) is 45.9 Å². The zero-order valence-corrected chi connectivity index (χ0v) is 26.4. The third-order valence-electron chi connectivity index (χ3n) is 6.87. The molecule has 2 aromatic heterocycles. The van der Waals surface area contributed by atoms with Gasteiger partial charge in [0.15, 0.2) is 10.8 Å². The van der Waals surface area contributed by atoms with Crippen molar-refractivity contribution in [3.63, 3.8) is 0 Å². The number of benzene rings is 4. The van der Waals surface area contributed by atoms with Crippen molar-refractivity contribution in [2.24, 2.45) is 0 Å². The fourth-order valence-corrected chi connectivity index (χ4v) is 7.16. The van der Waals surface area contributed by atoms with Crippen LogP contribution in [0.3, 0.4) is 0 Å². The van der Waals surface area contributed by atoms with Gasteiger partial charge in [-0.25, -0.2) is 31.5 Å². The van der Waals surface area contributed by atoms with E-state index in [1.165, 1.54) is 20.3 Å². The number of aromatic nitrogens is 4. The molecule has 0 bridgehead atoms. The van der Waals surface area contributed by atoms with E-state index in [2.05, 4.69) is 19.3 Å². The van der Waals surface area contributed by atoms with Crippen LogP contribution in [-0.4, -0.2) is 42.0 Å². The number of nitrogens with zero attached hydrogens (tertiary/aromatic N) is 4. The Morgan fingerprint density at radius 1 is 0.957 bits per heavy atom. The van der Waals surface area contributed by atoms with Crippen LogP contribution >= 0.6 is 23.1 Å². The number of nitrogen functional groups attached to an aromatic ring is 1. The average molecular weight is 685 g/mol. The number of halogens is 3. The number of aromatic amines is 1. The SMILES string of the molecule is COc1ccc(CN(c2ncns2)S(=O)(=O)c2c(F)cc(Oc3ccc(Cl)cc3-c3ccc4[nH]c(N)nc4c3)cc2F)c(OC)c1. The van der Waals surface area contributed by atoms with E-state index >= 15 is 8.78 Å². The largest absolute Gasteiger partial charge is 0.497 e. The maximum atomic E-state index is 15.7. The first-order valence-corrected chi connectivity index (χ1v) is 15.9. The lowest BCUT2D eigenvalue weighted by molar-refractivity contribution is 0.391. The molecule has 0 atom stereocenters. The standard InChI is InChI=1S/C30H23ClF2N6O5S2/c1-42-19-6-3-17(27(13-19)43-2)14-39(30-35-15-36-45-30)46(40,41)28-22(32)11-20(12-23(28)33)44-26-8-5-18(31)10-21(26)16-4-7-24-25(9-16)38-29(34)37-24/h3-13,15H,14H2,1-2H3,(H3,34,37,38). The van der Waals surface area contributed by atoms with E-state index in [9.17, 15) is 8.42 Å². The molecule has 0 amide bonds. The molecule has 0 radical (unpaired) electrons. The van der Waals surface area contributed by atoms with Crippen LogP contribution in [0.15, 0.2) is 78.0 Å². The summed E-state index contributed by atoms with van der Waals surface area (Å²) in [5, 5.41) is 0.270. The van der Waals surface area contributed by atoms with Gasteiger partial charge in [0.1, 0.15) is 41.0 Å². The van der Waals surface area contributed by atoms with Crippen molar-refractivity contribution in [2.45, 2.75) is 11.4 Å². The van der Waals surface area contributed by atoms with Crippen LogP contribution in [-0.2, 0) is 16.6 Å². The zero-order chi connectivity index (χ0) is 32.6. The first-order valence-electron chi connectivity index (χ1n) is 13.3. The first kappa shape index (κ1) is 31.0. The van der Waals surface area contributed by atoms with E-state index in [4.69, 9.17) is 31.5 Å². The number of nitrogens with two attached hydrogens (primary N) is 1. The Kier molecular flexibility index (Phi) is 8.37. The Balaban J connectivity index is 1.36. The van der Waals surface area contributed by atoms with Gasteiger partial charge in [0.05, 0.1) is 31.8 Å². The predicted molar refractivity (Wildman–Crippen MR) is 170 cm³/mol. The number of fused-ring (bicyclic) bond motifs is 1. The summed E-state index contributed by atoms with van der Waals surface area (Å²) in [6, 6.07) is 16.3. The number of anilines is 2. The van der Waals surface area contributed by atoms with Gasteiger partial charge in [-0.05, 0) is 48.0 Å². The summed E-state index contributed by atoms with van der Waals surface area (Å²) in [5.74, 6) is -1.85. The lowest BCUT2D eigenvalue weighted by Gasteiger charge is -2.23. The van der Waals surface area contributed by atoms with Gasteiger partial charge in [0.2, 0.25) is 5.13 Å². The molecule has 2 heterocycles. The summed E-state index contributed by atoms with van der Waals surface area (Å²) in [7, 11) is -2.01. The van der Waals surface area contributed by atoms with Gasteiger partial charge in [-0.15, -0.1) is 0 Å². The molecule has 0 spiro atoms. The van der Waals surface area contributed by atoms with Crippen molar-refractivity contribution < 1.29 is 31.4 Å². The fourth-order valence-electron chi connectivity index (χ4n) is 4.76. The molecule has 0 saturated heterocycles. The molecule has 46 heavy (non-hydrogen) atoms. The highest BCUT2D eigenvalue weighted by Gasteiger charge is 2.34. The maximum absolute atomic E-state index is 15.7. The highest BCUT2D eigenvalue weighted by atomic mass is 35.5. The smallest absolute Gasteiger partial charge is 0.272 e. The second-order valence-electron chi connectivity index (χ2n) is 9.73. The van der Waals surface area contributed by atoms with Crippen molar-refractivity contribution >= 4 is 55.3 Å². The van der Waals surface area contributed by atoms with Gasteiger partial charge in [-0.2, -0.15) is 4.37 Å². The Bertz CT molecular complexity index is 2160. The average Bonchev–Trinajstić information content (AvgIpc) is 3.69. The fraction of sp³-hybridized carbons (Fsp3) is 0.100. The Morgan fingerprint density at radius 3 is 2.43 bits per heavy atom. The third-order valence-corrected chi connectivity index (χ3v) is 9.70. The summed E-state index contributed by atoms with van der Waals surface area (Å²) in [4.78, 5) is 9.96. The summed E-state index contributed by atoms with van der Waals surface area (Å²) in [5.41, 5.74) is 8.57. The molecular weight excluding hydrogens is 662 g/mol. The number of sulfonamides is 1. The summed E-state index contributed by atoms with van der Waals surface area (Å²) < 4.78 is 80.4. The van der Waals surface area contributed by atoms with Gasteiger partial charge >= 0.3 is 0 Å². The number of hydrogen-bond acceptors (Lipinski definition) is 10. The Morgan fingerprint density at radius 2 is 1.74 bits per heavy atom. The van der Waals surface area contributed by atoms with Gasteiger partial charge in [-0.3, -0.25) is 0 Å². The van der Waals surface area contributed by atoms with Crippen LogP contribution in [0.4, 0.5) is 19.9 Å². The number of rotatable bonds is 10. The van der Waals surface area contributed by atoms with Crippen LogP contribution in [0.25, 0.3) is 22.2 Å². The molecule has 0 aliphatic rings. The minimum atomic E-state index is -4.88. The molecule has 6 rings (SSSR count).